The Morgan fingerprint density at radius 3 is 2.14 bits per heavy atom. The normalized spacial score (nSPS) is 13.8. The van der Waals surface area contributed by atoms with Crippen LogP contribution in [0.2, 0.25) is 0 Å². The van der Waals surface area contributed by atoms with Crippen LogP contribution < -0.4 is 0 Å². The zero-order chi connectivity index (χ0) is 16.1. The summed E-state index contributed by atoms with van der Waals surface area (Å²) in [6.45, 7) is 6.43. The summed E-state index contributed by atoms with van der Waals surface area (Å²) in [5, 5.41) is 0. The Morgan fingerprint density at radius 1 is 1.10 bits per heavy atom. The summed E-state index contributed by atoms with van der Waals surface area (Å²) >= 11 is 0. The molecule has 0 aliphatic rings. The van der Waals surface area contributed by atoms with Crippen LogP contribution in [0.1, 0.15) is 20.3 Å². The van der Waals surface area contributed by atoms with Crippen LogP contribution >= 0.6 is 0 Å². The number of hydrogen-bond donors (Lipinski definition) is 0. The van der Waals surface area contributed by atoms with Gasteiger partial charge in [0.05, 0.1) is 18.6 Å². The largest absolute Gasteiger partial charge is 0.464 e. The molecule has 124 valence electrons. The average molecular weight is 305 g/mol. The first kappa shape index (κ1) is 19.8. The second-order valence-electron chi connectivity index (χ2n) is 4.79. The molecular formula is C14H27NO6. The first-order chi connectivity index (χ1) is 10.0. The number of methoxy groups -OCH3 is 2. The number of hydrogen-bond acceptors (Lipinski definition) is 7. The predicted molar refractivity (Wildman–Crippen MR) is 77.0 cm³/mol. The number of carbonyl (C=O) groups excluding carboxylic acids is 2. The van der Waals surface area contributed by atoms with Gasteiger partial charge in [0.1, 0.15) is 13.2 Å². The summed E-state index contributed by atoms with van der Waals surface area (Å²) < 4.78 is 19.9. The van der Waals surface area contributed by atoms with Gasteiger partial charge in [-0.3, -0.25) is 14.5 Å². The van der Waals surface area contributed by atoms with Gasteiger partial charge in [-0.05, 0) is 13.8 Å². The first-order valence-corrected chi connectivity index (χ1v) is 7.02. The van der Waals surface area contributed by atoms with Crippen LogP contribution in [0.3, 0.4) is 0 Å². The molecule has 0 aliphatic heterocycles. The van der Waals surface area contributed by atoms with Gasteiger partial charge in [0.15, 0.2) is 0 Å². The zero-order valence-electron chi connectivity index (χ0n) is 13.4. The van der Waals surface area contributed by atoms with E-state index in [4.69, 9.17) is 14.2 Å². The van der Waals surface area contributed by atoms with Crippen LogP contribution in [-0.4, -0.2) is 76.6 Å². The molecule has 7 nitrogen and oxygen atoms in total. The van der Waals surface area contributed by atoms with E-state index in [1.807, 2.05) is 13.8 Å². The number of rotatable bonds is 13. The molecule has 7 heteroatoms. The van der Waals surface area contributed by atoms with Crippen LogP contribution in [0.25, 0.3) is 0 Å². The fourth-order valence-electron chi connectivity index (χ4n) is 1.71. The van der Waals surface area contributed by atoms with Gasteiger partial charge >= 0.3 is 5.97 Å². The van der Waals surface area contributed by atoms with Crippen molar-refractivity contribution in [2.75, 3.05) is 47.1 Å². The van der Waals surface area contributed by atoms with Gasteiger partial charge in [0.2, 0.25) is 0 Å². The molecule has 0 rings (SSSR count). The molecule has 0 N–H and O–H groups in total. The SMILES string of the molecule is COC(C)CN(CCC(=O)OCCOC=O)CC(C)OC. The van der Waals surface area contributed by atoms with Crippen molar-refractivity contribution in [3.8, 4) is 0 Å². The lowest BCUT2D eigenvalue weighted by Crippen LogP contribution is -2.39. The van der Waals surface area contributed by atoms with E-state index in [9.17, 15) is 9.59 Å². The van der Waals surface area contributed by atoms with E-state index in [0.717, 1.165) is 0 Å². The molecule has 0 aliphatic carbocycles. The maximum absolute atomic E-state index is 11.6. The highest BCUT2D eigenvalue weighted by molar-refractivity contribution is 5.69. The van der Waals surface area contributed by atoms with Gasteiger partial charge in [0, 0.05) is 33.9 Å². The summed E-state index contributed by atoms with van der Waals surface area (Å²) in [5.74, 6) is -0.315. The second kappa shape index (κ2) is 12.6. The Labute approximate surface area is 126 Å². The quantitative estimate of drug-likeness (QED) is 0.278. The van der Waals surface area contributed by atoms with Crippen molar-refractivity contribution >= 4 is 12.4 Å². The monoisotopic (exact) mass is 305 g/mol. The molecule has 0 saturated carbocycles. The van der Waals surface area contributed by atoms with Crippen molar-refractivity contribution in [3.05, 3.63) is 0 Å². The highest BCUT2D eigenvalue weighted by Gasteiger charge is 2.15. The van der Waals surface area contributed by atoms with E-state index in [1.54, 1.807) is 14.2 Å². The van der Waals surface area contributed by atoms with Crippen molar-refractivity contribution in [2.45, 2.75) is 32.5 Å². The highest BCUT2D eigenvalue weighted by Crippen LogP contribution is 2.02. The summed E-state index contributed by atoms with van der Waals surface area (Å²) in [6.07, 6.45) is 0.422. The molecule has 2 unspecified atom stereocenters. The number of nitrogens with zero attached hydrogens (tertiary/aromatic N) is 1. The van der Waals surface area contributed by atoms with Crippen molar-refractivity contribution < 1.29 is 28.5 Å². The molecule has 0 aromatic heterocycles. The maximum Gasteiger partial charge on any atom is 0.307 e. The third kappa shape index (κ3) is 11.2. The molecule has 0 fully saturated rings. The fraction of sp³-hybridized carbons (Fsp3) is 0.857. The summed E-state index contributed by atoms with van der Waals surface area (Å²) in [5.41, 5.74) is 0. The van der Waals surface area contributed by atoms with E-state index < -0.39 is 0 Å². The van der Waals surface area contributed by atoms with Crippen molar-refractivity contribution in [2.24, 2.45) is 0 Å². The Kier molecular flexibility index (Phi) is 11.8. The van der Waals surface area contributed by atoms with E-state index >= 15 is 0 Å². The van der Waals surface area contributed by atoms with Crippen LogP contribution in [0.4, 0.5) is 0 Å². The lowest BCUT2D eigenvalue weighted by molar-refractivity contribution is -0.147. The third-order valence-corrected chi connectivity index (χ3v) is 3.00. The molecule has 0 aromatic carbocycles. The molecule has 0 amide bonds. The lowest BCUT2D eigenvalue weighted by Gasteiger charge is -2.27. The van der Waals surface area contributed by atoms with Gasteiger partial charge in [-0.15, -0.1) is 0 Å². The Balaban J connectivity index is 4.08. The molecular weight excluding hydrogens is 278 g/mol. The maximum atomic E-state index is 11.6. The van der Waals surface area contributed by atoms with E-state index in [-0.39, 0.29) is 37.8 Å². The van der Waals surface area contributed by atoms with Gasteiger partial charge in [0.25, 0.3) is 6.47 Å². The minimum absolute atomic E-state index is 0.0751. The van der Waals surface area contributed by atoms with Gasteiger partial charge in [-0.25, -0.2) is 0 Å². The number of carbonyl (C=O) groups is 2. The standard InChI is InChI=1S/C14H27NO6/c1-12(18-3)9-15(10-13(2)19-4)6-5-14(17)21-8-7-20-11-16/h11-13H,5-10H2,1-4H3. The van der Waals surface area contributed by atoms with E-state index in [1.165, 1.54) is 0 Å². The van der Waals surface area contributed by atoms with Crippen LogP contribution in [0, 0.1) is 0 Å². The van der Waals surface area contributed by atoms with E-state index in [2.05, 4.69) is 9.64 Å². The Bertz CT molecular complexity index is 275. The minimum atomic E-state index is -0.315. The topological polar surface area (TPSA) is 74.3 Å². The zero-order valence-corrected chi connectivity index (χ0v) is 13.4. The third-order valence-electron chi connectivity index (χ3n) is 3.00. The highest BCUT2D eigenvalue weighted by atomic mass is 16.6. The number of ether oxygens (including phenoxy) is 4. The second-order valence-corrected chi connectivity index (χ2v) is 4.79. The van der Waals surface area contributed by atoms with Crippen LogP contribution in [0.15, 0.2) is 0 Å². The Morgan fingerprint density at radius 2 is 1.67 bits per heavy atom. The molecule has 0 bridgehead atoms. The molecule has 21 heavy (non-hydrogen) atoms. The molecule has 0 radical (unpaired) electrons. The molecule has 0 saturated heterocycles. The molecule has 0 heterocycles. The molecule has 2 atom stereocenters. The fourth-order valence-corrected chi connectivity index (χ4v) is 1.71. The summed E-state index contributed by atoms with van der Waals surface area (Å²) in [6, 6.07) is 0. The van der Waals surface area contributed by atoms with Crippen LogP contribution in [-0.2, 0) is 28.5 Å². The van der Waals surface area contributed by atoms with Crippen LogP contribution in [0.5, 0.6) is 0 Å². The molecule has 0 aromatic rings. The minimum Gasteiger partial charge on any atom is -0.464 e. The summed E-state index contributed by atoms with van der Waals surface area (Å²) in [4.78, 5) is 23.6. The van der Waals surface area contributed by atoms with Gasteiger partial charge < -0.3 is 18.9 Å². The van der Waals surface area contributed by atoms with Crippen molar-refractivity contribution in [1.29, 1.82) is 0 Å². The van der Waals surface area contributed by atoms with Gasteiger partial charge in [-0.2, -0.15) is 0 Å². The number of esters is 1. The summed E-state index contributed by atoms with van der Waals surface area (Å²) in [7, 11) is 3.31. The lowest BCUT2D eigenvalue weighted by atomic mass is 10.2. The molecule has 0 spiro atoms. The average Bonchev–Trinajstić information content (AvgIpc) is 2.48. The van der Waals surface area contributed by atoms with Crippen molar-refractivity contribution in [1.82, 2.24) is 4.90 Å². The smallest absolute Gasteiger partial charge is 0.307 e. The predicted octanol–water partition coefficient (Wildman–Crippen LogP) is 0.465. The first-order valence-electron chi connectivity index (χ1n) is 7.02. The van der Waals surface area contributed by atoms with Crippen molar-refractivity contribution in [3.63, 3.8) is 0 Å². The Hall–Kier alpha value is -1.18. The van der Waals surface area contributed by atoms with E-state index in [0.29, 0.717) is 26.1 Å². The van der Waals surface area contributed by atoms with Gasteiger partial charge in [-0.1, -0.05) is 0 Å².